The lowest BCUT2D eigenvalue weighted by Crippen LogP contribution is -2.32. The van der Waals surface area contributed by atoms with Crippen molar-refractivity contribution < 1.29 is 4.79 Å². The van der Waals surface area contributed by atoms with Gasteiger partial charge in [-0.05, 0) is 31.0 Å². The Hall–Kier alpha value is -0.350. The Morgan fingerprint density at radius 3 is 2.75 bits per heavy atom. The van der Waals surface area contributed by atoms with E-state index in [2.05, 4.69) is 37.2 Å². The molecule has 0 saturated carbocycles. The van der Waals surface area contributed by atoms with Gasteiger partial charge in [-0.1, -0.05) is 50.9 Å². The number of carbonyl (C=O) groups is 1. The molecular weight excluding hydrogens is 334 g/mol. The molecule has 2 atom stereocenters. The number of benzene rings is 1. The van der Waals surface area contributed by atoms with Crippen LogP contribution >= 0.6 is 31.9 Å². The highest BCUT2D eigenvalue weighted by Gasteiger charge is 2.15. The molecule has 0 aliphatic heterocycles. The predicted octanol–water partition coefficient (Wildman–Crippen LogP) is 3.80. The normalized spacial score (nSPS) is 14.2. The third kappa shape index (κ3) is 3.91. The number of alkyl halides is 1. The summed E-state index contributed by atoms with van der Waals surface area (Å²) in [5.74, 6) is 0.0370. The summed E-state index contributed by atoms with van der Waals surface area (Å²) in [6.45, 7) is 3.96. The van der Waals surface area contributed by atoms with Gasteiger partial charge in [0.2, 0.25) is 5.91 Å². The summed E-state index contributed by atoms with van der Waals surface area (Å²) in [6, 6.07) is 7.98. The molecule has 1 aromatic rings. The Kier molecular flexibility index (Phi) is 5.49. The molecule has 2 unspecified atom stereocenters. The first-order chi connectivity index (χ1) is 7.54. The Labute approximate surface area is 113 Å². The summed E-state index contributed by atoms with van der Waals surface area (Å²) in [5, 5.41) is 2.97. The molecule has 0 bridgehead atoms. The highest BCUT2D eigenvalue weighted by Crippen LogP contribution is 2.18. The second kappa shape index (κ2) is 6.40. The van der Waals surface area contributed by atoms with Gasteiger partial charge in [0.15, 0.2) is 0 Å². The van der Waals surface area contributed by atoms with Crippen molar-refractivity contribution in [1.29, 1.82) is 0 Å². The maximum Gasteiger partial charge on any atom is 0.234 e. The Morgan fingerprint density at radius 1 is 1.50 bits per heavy atom. The van der Waals surface area contributed by atoms with Gasteiger partial charge in [-0.3, -0.25) is 4.79 Å². The maximum absolute atomic E-state index is 11.7. The molecule has 16 heavy (non-hydrogen) atoms. The molecule has 0 heterocycles. The van der Waals surface area contributed by atoms with Gasteiger partial charge in [-0.15, -0.1) is 0 Å². The fourth-order valence-corrected chi connectivity index (χ4v) is 1.90. The fourth-order valence-electron chi connectivity index (χ4n) is 1.35. The van der Waals surface area contributed by atoms with Gasteiger partial charge in [0.25, 0.3) is 0 Å². The van der Waals surface area contributed by atoms with Gasteiger partial charge in [-0.2, -0.15) is 0 Å². The topological polar surface area (TPSA) is 29.1 Å². The minimum Gasteiger partial charge on any atom is -0.349 e. The van der Waals surface area contributed by atoms with Crippen LogP contribution in [0, 0.1) is 0 Å². The zero-order valence-electron chi connectivity index (χ0n) is 9.34. The largest absolute Gasteiger partial charge is 0.349 e. The van der Waals surface area contributed by atoms with Gasteiger partial charge >= 0.3 is 0 Å². The van der Waals surface area contributed by atoms with Crippen LogP contribution in [0.4, 0.5) is 0 Å². The summed E-state index contributed by atoms with van der Waals surface area (Å²) < 4.78 is 1.02. The van der Waals surface area contributed by atoms with E-state index >= 15 is 0 Å². The van der Waals surface area contributed by atoms with E-state index in [9.17, 15) is 4.79 Å². The van der Waals surface area contributed by atoms with E-state index in [0.717, 1.165) is 16.5 Å². The molecule has 0 aliphatic carbocycles. The predicted molar refractivity (Wildman–Crippen MR) is 73.7 cm³/mol. The first-order valence-electron chi connectivity index (χ1n) is 5.24. The number of hydrogen-bond donors (Lipinski definition) is 1. The van der Waals surface area contributed by atoms with Gasteiger partial charge < -0.3 is 5.32 Å². The van der Waals surface area contributed by atoms with Crippen LogP contribution in [0.1, 0.15) is 31.9 Å². The number of nitrogens with one attached hydrogen (secondary N) is 1. The third-order valence-corrected chi connectivity index (χ3v) is 3.91. The average Bonchev–Trinajstić information content (AvgIpc) is 2.27. The molecule has 1 N–H and O–H groups in total. The van der Waals surface area contributed by atoms with Crippen LogP contribution in [-0.2, 0) is 4.79 Å². The van der Waals surface area contributed by atoms with Crippen molar-refractivity contribution in [3.8, 4) is 0 Å². The lowest BCUT2D eigenvalue weighted by Gasteiger charge is -2.16. The Balaban J connectivity index is 2.65. The van der Waals surface area contributed by atoms with Crippen molar-refractivity contribution in [3.05, 3.63) is 34.3 Å². The van der Waals surface area contributed by atoms with Gasteiger partial charge in [0.1, 0.15) is 0 Å². The van der Waals surface area contributed by atoms with Crippen molar-refractivity contribution in [1.82, 2.24) is 5.32 Å². The van der Waals surface area contributed by atoms with Crippen molar-refractivity contribution in [3.63, 3.8) is 0 Å². The first-order valence-corrected chi connectivity index (χ1v) is 6.95. The van der Waals surface area contributed by atoms with Crippen molar-refractivity contribution >= 4 is 37.8 Å². The van der Waals surface area contributed by atoms with E-state index in [0.29, 0.717) is 0 Å². The smallest absolute Gasteiger partial charge is 0.234 e. The number of carbonyl (C=O) groups excluding carboxylic acids is 1. The van der Waals surface area contributed by atoms with Crippen LogP contribution in [0.25, 0.3) is 0 Å². The molecule has 0 aliphatic rings. The third-order valence-electron chi connectivity index (χ3n) is 2.35. The van der Waals surface area contributed by atoms with Crippen LogP contribution in [0.3, 0.4) is 0 Å². The van der Waals surface area contributed by atoms with Crippen molar-refractivity contribution in [2.45, 2.75) is 31.1 Å². The Bertz CT molecular complexity index is 368. The summed E-state index contributed by atoms with van der Waals surface area (Å²) in [5.41, 5.74) is 1.10. The van der Waals surface area contributed by atoms with E-state index in [4.69, 9.17) is 0 Å². The molecule has 1 amide bonds. The van der Waals surface area contributed by atoms with Crippen LogP contribution in [0.2, 0.25) is 0 Å². The van der Waals surface area contributed by atoms with E-state index in [1.54, 1.807) is 0 Å². The summed E-state index contributed by atoms with van der Waals surface area (Å²) >= 11 is 6.75. The summed E-state index contributed by atoms with van der Waals surface area (Å²) in [7, 11) is 0. The van der Waals surface area contributed by atoms with Crippen molar-refractivity contribution in [2.24, 2.45) is 0 Å². The standard InChI is InChI=1S/C12H15Br2NO/c1-3-11(14)12(16)15-8(2)9-5-4-6-10(13)7-9/h4-8,11H,3H2,1-2H3,(H,15,16). The second-order valence-electron chi connectivity index (χ2n) is 3.66. The molecule has 1 aromatic carbocycles. The van der Waals surface area contributed by atoms with Gasteiger partial charge in [-0.25, -0.2) is 0 Å². The van der Waals surface area contributed by atoms with Crippen LogP contribution in [0.15, 0.2) is 28.7 Å². The van der Waals surface area contributed by atoms with Crippen LogP contribution in [0.5, 0.6) is 0 Å². The number of halogens is 2. The Morgan fingerprint density at radius 2 is 2.19 bits per heavy atom. The minimum absolute atomic E-state index is 0.0246. The average molecular weight is 349 g/mol. The molecule has 88 valence electrons. The fraction of sp³-hybridized carbons (Fsp3) is 0.417. The number of hydrogen-bond acceptors (Lipinski definition) is 1. The minimum atomic E-state index is -0.109. The lowest BCUT2D eigenvalue weighted by molar-refractivity contribution is -0.121. The zero-order chi connectivity index (χ0) is 12.1. The number of rotatable bonds is 4. The van der Waals surface area contributed by atoms with E-state index < -0.39 is 0 Å². The highest BCUT2D eigenvalue weighted by molar-refractivity contribution is 9.10. The van der Waals surface area contributed by atoms with E-state index in [1.807, 2.05) is 38.1 Å². The SMILES string of the molecule is CCC(Br)C(=O)NC(C)c1cccc(Br)c1. The summed E-state index contributed by atoms with van der Waals surface area (Å²) in [6.07, 6.45) is 0.789. The van der Waals surface area contributed by atoms with Gasteiger partial charge in [0.05, 0.1) is 10.9 Å². The second-order valence-corrected chi connectivity index (χ2v) is 5.68. The van der Waals surface area contributed by atoms with Crippen LogP contribution < -0.4 is 5.32 Å². The van der Waals surface area contributed by atoms with Crippen LogP contribution in [-0.4, -0.2) is 10.7 Å². The van der Waals surface area contributed by atoms with E-state index in [-0.39, 0.29) is 16.8 Å². The molecular formula is C12H15Br2NO. The molecule has 0 saturated heterocycles. The van der Waals surface area contributed by atoms with E-state index in [1.165, 1.54) is 0 Å². The lowest BCUT2D eigenvalue weighted by atomic mass is 10.1. The highest BCUT2D eigenvalue weighted by atomic mass is 79.9. The molecule has 4 heteroatoms. The van der Waals surface area contributed by atoms with Gasteiger partial charge in [0, 0.05) is 4.47 Å². The summed E-state index contributed by atoms with van der Waals surface area (Å²) in [4.78, 5) is 11.6. The molecule has 0 radical (unpaired) electrons. The molecule has 0 spiro atoms. The molecule has 1 rings (SSSR count). The quantitative estimate of drug-likeness (QED) is 0.824. The number of amides is 1. The maximum atomic E-state index is 11.7. The molecule has 2 nitrogen and oxygen atoms in total. The van der Waals surface area contributed by atoms with Crippen molar-refractivity contribution in [2.75, 3.05) is 0 Å². The zero-order valence-corrected chi connectivity index (χ0v) is 12.5. The first kappa shape index (κ1) is 13.7. The molecule has 0 fully saturated rings. The molecule has 0 aromatic heterocycles. The monoisotopic (exact) mass is 347 g/mol.